The smallest absolute Gasteiger partial charge is 0.337 e. The molecule has 0 saturated carbocycles. The minimum absolute atomic E-state index is 0.191. The third-order valence-electron chi connectivity index (χ3n) is 5.09. The van der Waals surface area contributed by atoms with Gasteiger partial charge in [0.15, 0.2) is 0 Å². The van der Waals surface area contributed by atoms with Crippen LogP contribution in [0.5, 0.6) is 0 Å². The second kappa shape index (κ2) is 9.91. The molecule has 3 aliphatic rings. The van der Waals surface area contributed by atoms with Gasteiger partial charge in [-0.1, -0.05) is 36.4 Å². The zero-order valence-electron chi connectivity index (χ0n) is 16.8. The van der Waals surface area contributed by atoms with Gasteiger partial charge in [-0.15, -0.1) is 0 Å². The third kappa shape index (κ3) is 6.43. The summed E-state index contributed by atoms with van der Waals surface area (Å²) in [7, 11) is 0. The molecular weight excluding hydrogens is 388 g/mol. The van der Waals surface area contributed by atoms with Gasteiger partial charge in [0.25, 0.3) is 0 Å². The Morgan fingerprint density at radius 3 is 2.30 bits per heavy atom. The summed E-state index contributed by atoms with van der Waals surface area (Å²) < 4.78 is 26.9. The first kappa shape index (κ1) is 20.6. The van der Waals surface area contributed by atoms with E-state index < -0.39 is 11.9 Å². The maximum atomic E-state index is 12.5. The van der Waals surface area contributed by atoms with Crippen molar-refractivity contribution in [1.29, 1.82) is 0 Å². The molecule has 0 bridgehead atoms. The second-order valence-corrected chi connectivity index (χ2v) is 7.61. The molecule has 4 rings (SSSR count). The summed E-state index contributed by atoms with van der Waals surface area (Å²) in [5.41, 5.74) is 1.32. The van der Waals surface area contributed by atoms with Crippen LogP contribution >= 0.6 is 0 Å². The Kier molecular flexibility index (Phi) is 6.81. The number of ether oxygens (including phenoxy) is 5. The number of hydrogen-bond acceptors (Lipinski definition) is 7. The number of hydrogen-bond donors (Lipinski definition) is 0. The topological polar surface area (TPSA) is 86.9 Å². The molecular formula is C23H26O7. The molecule has 2 heterocycles. The van der Waals surface area contributed by atoms with Gasteiger partial charge in [-0.2, -0.15) is 0 Å². The van der Waals surface area contributed by atoms with Crippen molar-refractivity contribution in [3.05, 3.63) is 59.4 Å². The van der Waals surface area contributed by atoms with Gasteiger partial charge in [-0.3, -0.25) is 4.79 Å². The highest BCUT2D eigenvalue weighted by atomic mass is 16.6. The van der Waals surface area contributed by atoms with E-state index in [4.69, 9.17) is 23.7 Å². The predicted molar refractivity (Wildman–Crippen MR) is 106 cm³/mol. The molecule has 160 valence electrons. The van der Waals surface area contributed by atoms with Gasteiger partial charge in [-0.25, -0.2) is 4.79 Å². The summed E-state index contributed by atoms with van der Waals surface area (Å²) >= 11 is 0. The fourth-order valence-electron chi connectivity index (χ4n) is 3.14. The van der Waals surface area contributed by atoms with Crippen LogP contribution in [0.4, 0.5) is 0 Å². The van der Waals surface area contributed by atoms with Crippen LogP contribution in [0, 0.1) is 5.92 Å². The van der Waals surface area contributed by atoms with Crippen LogP contribution in [-0.4, -0.2) is 50.6 Å². The zero-order valence-corrected chi connectivity index (χ0v) is 16.8. The number of esters is 2. The molecule has 7 heteroatoms. The molecule has 0 amide bonds. The summed E-state index contributed by atoms with van der Waals surface area (Å²) in [5, 5.41) is 0. The van der Waals surface area contributed by atoms with Crippen LogP contribution in [0.3, 0.4) is 0 Å². The predicted octanol–water partition coefficient (Wildman–Crippen LogP) is 2.70. The molecule has 7 nitrogen and oxygen atoms in total. The van der Waals surface area contributed by atoms with Crippen molar-refractivity contribution in [3.8, 4) is 0 Å². The van der Waals surface area contributed by atoms with Gasteiger partial charge in [0.1, 0.15) is 6.61 Å². The SMILES string of the molecule is O=C(OCCC1CO1)C1=CC(C(=O)OCCC2CO2)CC(OCc2ccccc2)=C1. The lowest BCUT2D eigenvalue weighted by atomic mass is 9.94. The van der Waals surface area contributed by atoms with E-state index in [2.05, 4.69) is 0 Å². The molecule has 0 aromatic heterocycles. The summed E-state index contributed by atoms with van der Waals surface area (Å²) in [4.78, 5) is 25.0. The molecule has 0 N–H and O–H groups in total. The number of epoxide rings is 2. The first-order valence-corrected chi connectivity index (χ1v) is 10.3. The maximum Gasteiger partial charge on any atom is 0.337 e. The van der Waals surface area contributed by atoms with E-state index in [1.54, 1.807) is 12.2 Å². The highest BCUT2D eigenvalue weighted by Crippen LogP contribution is 2.27. The van der Waals surface area contributed by atoms with E-state index in [-0.39, 0.29) is 24.8 Å². The Morgan fingerprint density at radius 2 is 1.63 bits per heavy atom. The van der Waals surface area contributed by atoms with E-state index in [1.165, 1.54) is 0 Å². The first-order chi connectivity index (χ1) is 14.7. The largest absolute Gasteiger partial charge is 0.493 e. The number of carbonyl (C=O) groups is 2. The van der Waals surface area contributed by atoms with Gasteiger partial charge < -0.3 is 23.7 Å². The molecule has 2 aliphatic heterocycles. The van der Waals surface area contributed by atoms with E-state index >= 15 is 0 Å². The average Bonchev–Trinajstić information content (AvgIpc) is 3.68. The standard InChI is InChI=1S/C23H26O7/c24-22(26-8-6-19-14-29-19)17-10-18(23(25)27-9-7-20-15-30-20)12-21(11-17)28-13-16-4-2-1-3-5-16/h1-5,10-11,18-20H,6-9,12-15H2. The van der Waals surface area contributed by atoms with Gasteiger partial charge in [0.2, 0.25) is 0 Å². The highest BCUT2D eigenvalue weighted by molar-refractivity contribution is 5.93. The summed E-state index contributed by atoms with van der Waals surface area (Å²) in [6.07, 6.45) is 5.37. The third-order valence-corrected chi connectivity index (χ3v) is 5.09. The molecule has 1 aromatic carbocycles. The lowest BCUT2D eigenvalue weighted by Crippen LogP contribution is -2.23. The summed E-state index contributed by atoms with van der Waals surface area (Å²) in [6, 6.07) is 9.72. The fraction of sp³-hybridized carbons (Fsp3) is 0.478. The Bertz CT molecular complexity index is 806. The van der Waals surface area contributed by atoms with Crippen LogP contribution in [0.15, 0.2) is 53.8 Å². The monoisotopic (exact) mass is 414 g/mol. The van der Waals surface area contributed by atoms with Crippen molar-refractivity contribution >= 4 is 11.9 Å². The normalized spacial score (nSPS) is 24.3. The fourth-order valence-corrected chi connectivity index (χ4v) is 3.14. The Hall–Kier alpha value is -2.64. The molecule has 0 radical (unpaired) electrons. The summed E-state index contributed by atoms with van der Waals surface area (Å²) in [5.74, 6) is -0.872. The first-order valence-electron chi connectivity index (χ1n) is 10.3. The highest BCUT2D eigenvalue weighted by Gasteiger charge is 2.29. The van der Waals surface area contributed by atoms with Crippen molar-refractivity contribution < 1.29 is 33.3 Å². The number of benzene rings is 1. The van der Waals surface area contributed by atoms with Crippen molar-refractivity contribution in [3.63, 3.8) is 0 Å². The molecule has 2 fully saturated rings. The maximum absolute atomic E-state index is 12.5. The minimum atomic E-state index is -0.588. The molecule has 1 aliphatic carbocycles. The Labute approximate surface area is 175 Å². The van der Waals surface area contributed by atoms with E-state index in [1.807, 2.05) is 30.3 Å². The molecule has 1 aromatic rings. The van der Waals surface area contributed by atoms with Crippen molar-refractivity contribution in [2.24, 2.45) is 5.92 Å². The lowest BCUT2D eigenvalue weighted by molar-refractivity contribution is -0.147. The number of allylic oxidation sites excluding steroid dienone is 1. The minimum Gasteiger partial charge on any atom is -0.493 e. The van der Waals surface area contributed by atoms with Gasteiger partial charge in [0.05, 0.1) is 55.9 Å². The van der Waals surface area contributed by atoms with Crippen molar-refractivity contribution in [2.45, 2.75) is 38.1 Å². The van der Waals surface area contributed by atoms with Crippen molar-refractivity contribution in [2.75, 3.05) is 26.4 Å². The average molecular weight is 414 g/mol. The Morgan fingerprint density at radius 1 is 0.967 bits per heavy atom. The van der Waals surface area contributed by atoms with Crippen LogP contribution in [-0.2, 0) is 39.9 Å². The van der Waals surface area contributed by atoms with Crippen LogP contribution in [0.1, 0.15) is 24.8 Å². The number of carbonyl (C=O) groups excluding carboxylic acids is 2. The van der Waals surface area contributed by atoms with E-state index in [9.17, 15) is 9.59 Å². The van der Waals surface area contributed by atoms with Gasteiger partial charge >= 0.3 is 11.9 Å². The molecule has 0 spiro atoms. The lowest BCUT2D eigenvalue weighted by Gasteiger charge is -2.21. The quantitative estimate of drug-likeness (QED) is 0.406. The Balaban J connectivity index is 1.37. The molecule has 3 atom stereocenters. The van der Waals surface area contributed by atoms with E-state index in [0.29, 0.717) is 43.8 Å². The number of rotatable bonds is 11. The summed E-state index contributed by atoms with van der Waals surface area (Å²) in [6.45, 7) is 2.39. The van der Waals surface area contributed by atoms with Gasteiger partial charge in [0, 0.05) is 19.3 Å². The molecule has 3 unspecified atom stereocenters. The van der Waals surface area contributed by atoms with Crippen LogP contribution in [0.2, 0.25) is 0 Å². The second-order valence-electron chi connectivity index (χ2n) is 7.61. The van der Waals surface area contributed by atoms with Crippen LogP contribution in [0.25, 0.3) is 0 Å². The van der Waals surface area contributed by atoms with Gasteiger partial charge in [-0.05, 0) is 11.6 Å². The molecule has 30 heavy (non-hydrogen) atoms. The van der Waals surface area contributed by atoms with Crippen LogP contribution < -0.4 is 0 Å². The zero-order chi connectivity index (χ0) is 20.8. The van der Waals surface area contributed by atoms with E-state index in [0.717, 1.165) is 18.8 Å². The van der Waals surface area contributed by atoms with Crippen molar-refractivity contribution in [1.82, 2.24) is 0 Å². The molecule has 2 saturated heterocycles.